The van der Waals surface area contributed by atoms with E-state index in [9.17, 15) is 9.59 Å². The molecule has 21 heavy (non-hydrogen) atoms. The molecule has 0 aliphatic heterocycles. The monoisotopic (exact) mass is 305 g/mol. The minimum atomic E-state index is -0.610. The van der Waals surface area contributed by atoms with Gasteiger partial charge in [-0.3, -0.25) is 0 Å². The van der Waals surface area contributed by atoms with Crippen molar-refractivity contribution in [2.45, 2.75) is 6.92 Å². The number of nitrogens with one attached hydrogen (secondary N) is 1. The highest BCUT2D eigenvalue weighted by molar-refractivity contribution is 5.86. The number of carbonyl (C=O) groups is 2. The van der Waals surface area contributed by atoms with E-state index in [0.29, 0.717) is 18.8 Å². The zero-order valence-electron chi connectivity index (χ0n) is 12.3. The van der Waals surface area contributed by atoms with Gasteiger partial charge in [0.2, 0.25) is 0 Å². The molecular weight excluding hydrogens is 282 g/mol. The van der Waals surface area contributed by atoms with E-state index in [1.807, 2.05) is 0 Å². The van der Waals surface area contributed by atoms with Crippen LogP contribution in [0.2, 0.25) is 0 Å². The summed E-state index contributed by atoms with van der Waals surface area (Å²) in [5.41, 5.74) is 0.303. The molecule has 1 amide bonds. The lowest BCUT2D eigenvalue weighted by Gasteiger charge is -2.08. The first-order valence-corrected chi connectivity index (χ1v) is 6.57. The van der Waals surface area contributed by atoms with Gasteiger partial charge in [-0.1, -0.05) is 6.58 Å². The first kappa shape index (κ1) is 19.4. The number of hydrogen-bond donors (Lipinski definition) is 2. The Bertz CT molecular complexity index is 320. The Morgan fingerprint density at radius 1 is 1.00 bits per heavy atom. The van der Waals surface area contributed by atoms with E-state index in [1.54, 1.807) is 6.92 Å². The lowest BCUT2D eigenvalue weighted by atomic mass is 10.4. The molecule has 0 bridgehead atoms. The van der Waals surface area contributed by atoms with Gasteiger partial charge in [0.05, 0.1) is 39.6 Å². The van der Waals surface area contributed by atoms with Crippen LogP contribution in [0.5, 0.6) is 0 Å². The standard InChI is InChI=1S/C13H23NO7/c1-11(2)12(16)20-5-3-14-13(17)21-10-9-19-8-7-18-6-4-15/h15H,1,3-10H2,2H3,(H,14,17). The van der Waals surface area contributed by atoms with Gasteiger partial charge in [0, 0.05) is 5.57 Å². The minimum absolute atomic E-state index is 0.0229. The quantitative estimate of drug-likeness (QED) is 0.294. The second kappa shape index (κ2) is 13.3. The molecule has 122 valence electrons. The van der Waals surface area contributed by atoms with Gasteiger partial charge < -0.3 is 29.4 Å². The van der Waals surface area contributed by atoms with Crippen molar-refractivity contribution in [2.75, 3.05) is 52.8 Å². The number of amides is 1. The maximum Gasteiger partial charge on any atom is 0.407 e. The second-order valence-corrected chi connectivity index (χ2v) is 3.93. The third kappa shape index (κ3) is 13.1. The van der Waals surface area contributed by atoms with Gasteiger partial charge in [0.25, 0.3) is 0 Å². The van der Waals surface area contributed by atoms with Gasteiger partial charge >= 0.3 is 12.1 Å². The van der Waals surface area contributed by atoms with Gasteiger partial charge in [0.15, 0.2) is 0 Å². The highest BCUT2D eigenvalue weighted by Gasteiger charge is 2.04. The molecule has 0 aliphatic carbocycles. The van der Waals surface area contributed by atoms with Gasteiger partial charge in [-0.2, -0.15) is 0 Å². The molecule has 0 atom stereocenters. The third-order valence-electron chi connectivity index (χ3n) is 2.02. The van der Waals surface area contributed by atoms with E-state index in [-0.39, 0.29) is 39.6 Å². The summed E-state index contributed by atoms with van der Waals surface area (Å²) in [6.07, 6.45) is -0.610. The summed E-state index contributed by atoms with van der Waals surface area (Å²) in [6, 6.07) is 0. The van der Waals surface area contributed by atoms with E-state index in [1.165, 1.54) is 0 Å². The predicted molar refractivity (Wildman–Crippen MR) is 73.8 cm³/mol. The molecule has 0 spiro atoms. The molecule has 0 saturated carbocycles. The van der Waals surface area contributed by atoms with Crippen LogP contribution < -0.4 is 5.32 Å². The van der Waals surface area contributed by atoms with Crippen molar-refractivity contribution in [1.82, 2.24) is 5.32 Å². The molecule has 0 aliphatic rings. The van der Waals surface area contributed by atoms with Gasteiger partial charge in [-0.25, -0.2) is 9.59 Å². The molecule has 0 aromatic carbocycles. The second-order valence-electron chi connectivity index (χ2n) is 3.93. The Morgan fingerprint density at radius 3 is 2.24 bits per heavy atom. The van der Waals surface area contributed by atoms with Crippen molar-refractivity contribution in [3.63, 3.8) is 0 Å². The van der Waals surface area contributed by atoms with Crippen LogP contribution in [0.4, 0.5) is 4.79 Å². The first-order valence-electron chi connectivity index (χ1n) is 6.57. The zero-order chi connectivity index (χ0) is 15.9. The average molecular weight is 305 g/mol. The number of aliphatic hydroxyl groups excluding tert-OH is 1. The van der Waals surface area contributed by atoms with Crippen LogP contribution in [-0.4, -0.2) is 70.0 Å². The van der Waals surface area contributed by atoms with Gasteiger partial charge in [-0.15, -0.1) is 0 Å². The number of aliphatic hydroxyl groups is 1. The lowest BCUT2D eigenvalue weighted by molar-refractivity contribution is -0.138. The van der Waals surface area contributed by atoms with Crippen molar-refractivity contribution in [3.8, 4) is 0 Å². The van der Waals surface area contributed by atoms with Crippen LogP contribution in [0.3, 0.4) is 0 Å². The fraction of sp³-hybridized carbons (Fsp3) is 0.692. The summed E-state index contributed by atoms with van der Waals surface area (Å²) in [7, 11) is 0. The highest BCUT2D eigenvalue weighted by Crippen LogP contribution is 1.90. The van der Waals surface area contributed by atoms with Crippen molar-refractivity contribution >= 4 is 12.1 Å². The summed E-state index contributed by atoms with van der Waals surface area (Å²) in [4.78, 5) is 22.2. The normalized spacial score (nSPS) is 10.0. The fourth-order valence-electron chi connectivity index (χ4n) is 1.05. The van der Waals surface area contributed by atoms with Crippen LogP contribution in [-0.2, 0) is 23.7 Å². The van der Waals surface area contributed by atoms with Crippen LogP contribution in [0, 0.1) is 0 Å². The molecule has 8 heteroatoms. The zero-order valence-corrected chi connectivity index (χ0v) is 12.3. The molecule has 0 heterocycles. The number of ether oxygens (including phenoxy) is 4. The van der Waals surface area contributed by atoms with Crippen LogP contribution >= 0.6 is 0 Å². The van der Waals surface area contributed by atoms with Crippen molar-refractivity contribution in [2.24, 2.45) is 0 Å². The molecule has 2 N–H and O–H groups in total. The van der Waals surface area contributed by atoms with E-state index < -0.39 is 12.1 Å². The SMILES string of the molecule is C=C(C)C(=O)OCCNC(=O)OCCOCCOCCO. The summed E-state index contributed by atoms with van der Waals surface area (Å²) >= 11 is 0. The van der Waals surface area contributed by atoms with E-state index in [4.69, 9.17) is 24.1 Å². The predicted octanol–water partition coefficient (Wildman–Crippen LogP) is -0.143. The molecule has 0 fully saturated rings. The summed E-state index contributed by atoms with van der Waals surface area (Å²) in [5.74, 6) is -0.498. The summed E-state index contributed by atoms with van der Waals surface area (Å²) in [6.45, 7) is 6.54. The van der Waals surface area contributed by atoms with Crippen molar-refractivity contribution < 1.29 is 33.6 Å². The summed E-state index contributed by atoms with van der Waals surface area (Å²) in [5, 5.41) is 10.9. The number of carbonyl (C=O) groups excluding carboxylic acids is 2. The average Bonchev–Trinajstić information content (AvgIpc) is 2.46. The van der Waals surface area contributed by atoms with E-state index in [0.717, 1.165) is 0 Å². The highest BCUT2D eigenvalue weighted by atomic mass is 16.6. The molecule has 0 aromatic rings. The maximum absolute atomic E-state index is 11.2. The minimum Gasteiger partial charge on any atom is -0.460 e. The summed E-state index contributed by atoms with van der Waals surface area (Å²) < 4.78 is 19.7. The molecule has 0 aromatic heterocycles. The van der Waals surface area contributed by atoms with Crippen molar-refractivity contribution in [1.29, 1.82) is 0 Å². The topological polar surface area (TPSA) is 103 Å². The maximum atomic E-state index is 11.2. The molecule has 0 rings (SSSR count). The van der Waals surface area contributed by atoms with Gasteiger partial charge in [0.1, 0.15) is 13.2 Å². The fourth-order valence-corrected chi connectivity index (χ4v) is 1.05. The lowest BCUT2D eigenvalue weighted by Crippen LogP contribution is -2.29. The Kier molecular flexibility index (Phi) is 12.3. The largest absolute Gasteiger partial charge is 0.460 e. The molecule has 0 radical (unpaired) electrons. The number of esters is 1. The van der Waals surface area contributed by atoms with Crippen LogP contribution in [0.15, 0.2) is 12.2 Å². The Morgan fingerprint density at radius 2 is 1.62 bits per heavy atom. The Hall–Kier alpha value is -1.64. The molecule has 0 unspecified atom stereocenters. The number of hydrogen-bond acceptors (Lipinski definition) is 7. The molecule has 8 nitrogen and oxygen atoms in total. The Labute approximate surface area is 124 Å². The number of alkyl carbamates (subject to hydrolysis) is 1. The molecular formula is C13H23NO7. The van der Waals surface area contributed by atoms with E-state index >= 15 is 0 Å². The van der Waals surface area contributed by atoms with Crippen LogP contribution in [0.25, 0.3) is 0 Å². The van der Waals surface area contributed by atoms with Gasteiger partial charge in [-0.05, 0) is 6.92 Å². The van der Waals surface area contributed by atoms with Crippen LogP contribution in [0.1, 0.15) is 6.92 Å². The molecule has 0 saturated heterocycles. The third-order valence-corrected chi connectivity index (χ3v) is 2.02. The first-order chi connectivity index (χ1) is 10.1. The van der Waals surface area contributed by atoms with E-state index in [2.05, 4.69) is 11.9 Å². The Balaban J connectivity index is 3.31. The number of rotatable bonds is 12. The van der Waals surface area contributed by atoms with Crippen molar-refractivity contribution in [3.05, 3.63) is 12.2 Å². The smallest absolute Gasteiger partial charge is 0.407 e.